The highest BCUT2D eigenvalue weighted by molar-refractivity contribution is 5.28. The molecule has 0 bridgehead atoms. The van der Waals surface area contributed by atoms with E-state index in [9.17, 15) is 0 Å². The molecule has 1 aromatic heterocycles. The number of aromatic nitrogens is 2. The number of nitrogens with one attached hydrogen (secondary N) is 1. The summed E-state index contributed by atoms with van der Waals surface area (Å²) in [6.07, 6.45) is 1.94. The summed E-state index contributed by atoms with van der Waals surface area (Å²) in [6.45, 7) is 10.3. The summed E-state index contributed by atoms with van der Waals surface area (Å²) in [6, 6.07) is 8.54. The summed E-state index contributed by atoms with van der Waals surface area (Å²) in [5.74, 6) is 0.912. The minimum atomic E-state index is 0.798. The third-order valence-electron chi connectivity index (χ3n) is 3.64. The first-order valence-electron chi connectivity index (χ1n) is 7.69. The quantitative estimate of drug-likeness (QED) is 0.825. The second kappa shape index (κ2) is 7.32. The number of benzene rings is 1. The fraction of sp³-hybridized carbons (Fsp3) is 0.444. The van der Waals surface area contributed by atoms with E-state index in [1.165, 1.54) is 16.7 Å². The molecule has 0 amide bonds. The van der Waals surface area contributed by atoms with E-state index in [1.54, 1.807) is 0 Å². The van der Waals surface area contributed by atoms with Crippen molar-refractivity contribution in [3.05, 3.63) is 58.2 Å². The van der Waals surface area contributed by atoms with E-state index in [2.05, 4.69) is 67.2 Å². The maximum atomic E-state index is 4.69. The Labute approximate surface area is 127 Å². The van der Waals surface area contributed by atoms with Crippen LogP contribution < -0.4 is 5.32 Å². The maximum absolute atomic E-state index is 4.69. The molecule has 0 saturated heterocycles. The highest BCUT2D eigenvalue weighted by atomic mass is 14.9. The topological polar surface area (TPSA) is 37.8 Å². The Morgan fingerprint density at radius 1 is 1.05 bits per heavy atom. The molecule has 2 aromatic rings. The molecule has 0 aliphatic heterocycles. The molecule has 112 valence electrons. The van der Waals surface area contributed by atoms with Crippen molar-refractivity contribution in [2.24, 2.45) is 0 Å². The van der Waals surface area contributed by atoms with Crippen molar-refractivity contribution in [1.82, 2.24) is 15.3 Å². The van der Waals surface area contributed by atoms with Crippen LogP contribution in [0.2, 0.25) is 0 Å². The van der Waals surface area contributed by atoms with E-state index in [4.69, 9.17) is 0 Å². The zero-order valence-corrected chi connectivity index (χ0v) is 13.5. The smallest absolute Gasteiger partial charge is 0.133 e. The maximum Gasteiger partial charge on any atom is 0.133 e. The monoisotopic (exact) mass is 283 g/mol. The van der Waals surface area contributed by atoms with Gasteiger partial charge in [-0.1, -0.05) is 36.8 Å². The van der Waals surface area contributed by atoms with Crippen molar-refractivity contribution < 1.29 is 0 Å². The summed E-state index contributed by atoms with van der Waals surface area (Å²) in [5, 5.41) is 3.43. The lowest BCUT2D eigenvalue weighted by Gasteiger charge is -2.12. The van der Waals surface area contributed by atoms with Gasteiger partial charge in [-0.3, -0.25) is 0 Å². The van der Waals surface area contributed by atoms with Crippen LogP contribution in [0.5, 0.6) is 0 Å². The minimum Gasteiger partial charge on any atom is -0.313 e. The second-order valence-electron chi connectivity index (χ2n) is 5.63. The van der Waals surface area contributed by atoms with E-state index >= 15 is 0 Å². The average molecular weight is 283 g/mol. The first-order chi connectivity index (χ1) is 10.1. The predicted molar refractivity (Wildman–Crippen MR) is 87.5 cm³/mol. The van der Waals surface area contributed by atoms with E-state index in [-0.39, 0.29) is 0 Å². The van der Waals surface area contributed by atoms with Crippen molar-refractivity contribution in [2.75, 3.05) is 6.54 Å². The molecule has 0 saturated carbocycles. The molecule has 1 heterocycles. The molecule has 21 heavy (non-hydrogen) atoms. The first kappa shape index (κ1) is 15.6. The van der Waals surface area contributed by atoms with Gasteiger partial charge in [-0.25, -0.2) is 9.97 Å². The molecule has 3 heteroatoms. The van der Waals surface area contributed by atoms with Crippen molar-refractivity contribution >= 4 is 0 Å². The third kappa shape index (κ3) is 4.36. The van der Waals surface area contributed by atoms with Crippen LogP contribution in [0, 0.1) is 20.8 Å². The molecule has 1 aromatic carbocycles. The second-order valence-corrected chi connectivity index (χ2v) is 5.63. The molecule has 3 nitrogen and oxygen atoms in total. The van der Waals surface area contributed by atoms with Gasteiger partial charge in [0, 0.05) is 29.9 Å². The van der Waals surface area contributed by atoms with Gasteiger partial charge in [0.05, 0.1) is 0 Å². The van der Waals surface area contributed by atoms with Crippen molar-refractivity contribution in [2.45, 2.75) is 47.1 Å². The van der Waals surface area contributed by atoms with Gasteiger partial charge in [0.1, 0.15) is 5.82 Å². The molecular weight excluding hydrogens is 258 g/mol. The zero-order chi connectivity index (χ0) is 15.2. The molecule has 2 rings (SSSR count). The van der Waals surface area contributed by atoms with Crippen LogP contribution in [0.4, 0.5) is 0 Å². The fourth-order valence-corrected chi connectivity index (χ4v) is 2.54. The van der Waals surface area contributed by atoms with Gasteiger partial charge in [0.15, 0.2) is 0 Å². The van der Waals surface area contributed by atoms with Crippen LogP contribution in [0.3, 0.4) is 0 Å². The average Bonchev–Trinajstić information content (AvgIpc) is 2.42. The Bertz CT molecular complexity index is 582. The Morgan fingerprint density at radius 3 is 2.38 bits per heavy atom. The largest absolute Gasteiger partial charge is 0.313 e. The van der Waals surface area contributed by atoms with Crippen molar-refractivity contribution in [3.8, 4) is 0 Å². The van der Waals surface area contributed by atoms with Crippen LogP contribution in [0.1, 0.15) is 47.2 Å². The van der Waals surface area contributed by atoms with E-state index in [0.29, 0.717) is 0 Å². The number of rotatable bonds is 6. The molecule has 0 aliphatic carbocycles. The molecule has 1 N–H and O–H groups in total. The SMILES string of the molecule is CCCNCc1c(C)nc(Cc2cccc(C)c2)nc1C. The molecule has 0 unspecified atom stereocenters. The molecule has 0 atom stereocenters. The lowest BCUT2D eigenvalue weighted by atomic mass is 10.1. The van der Waals surface area contributed by atoms with Gasteiger partial charge >= 0.3 is 0 Å². The van der Waals surface area contributed by atoms with Crippen LogP contribution in [0.25, 0.3) is 0 Å². The Balaban J connectivity index is 2.15. The van der Waals surface area contributed by atoms with Crippen LogP contribution in [0.15, 0.2) is 24.3 Å². The predicted octanol–water partition coefficient (Wildman–Crippen LogP) is 3.49. The number of hydrogen-bond donors (Lipinski definition) is 1. The fourth-order valence-electron chi connectivity index (χ4n) is 2.54. The van der Waals surface area contributed by atoms with Gasteiger partial charge in [0.2, 0.25) is 0 Å². The summed E-state index contributed by atoms with van der Waals surface area (Å²) in [5.41, 5.74) is 5.96. The van der Waals surface area contributed by atoms with Gasteiger partial charge in [-0.05, 0) is 39.3 Å². The van der Waals surface area contributed by atoms with E-state index in [0.717, 1.165) is 43.1 Å². The normalized spacial score (nSPS) is 10.9. The van der Waals surface area contributed by atoms with Crippen LogP contribution in [-0.4, -0.2) is 16.5 Å². The van der Waals surface area contributed by atoms with Gasteiger partial charge in [-0.15, -0.1) is 0 Å². The standard InChI is InChI=1S/C18H25N3/c1-5-9-19-12-17-14(3)20-18(21-15(17)4)11-16-8-6-7-13(2)10-16/h6-8,10,19H,5,9,11-12H2,1-4H3. The number of nitrogens with zero attached hydrogens (tertiary/aromatic N) is 2. The summed E-state index contributed by atoms with van der Waals surface area (Å²) in [7, 11) is 0. The van der Waals surface area contributed by atoms with Gasteiger partial charge in [-0.2, -0.15) is 0 Å². The lowest BCUT2D eigenvalue weighted by Crippen LogP contribution is -2.17. The summed E-state index contributed by atoms with van der Waals surface area (Å²) >= 11 is 0. The molecule has 0 spiro atoms. The summed E-state index contributed by atoms with van der Waals surface area (Å²) < 4.78 is 0. The van der Waals surface area contributed by atoms with Crippen LogP contribution >= 0.6 is 0 Å². The van der Waals surface area contributed by atoms with Gasteiger partial charge in [0.25, 0.3) is 0 Å². The highest BCUT2D eigenvalue weighted by Gasteiger charge is 2.08. The molecule has 0 aliphatic rings. The summed E-state index contributed by atoms with van der Waals surface area (Å²) in [4.78, 5) is 9.37. The Morgan fingerprint density at radius 2 is 1.76 bits per heavy atom. The zero-order valence-electron chi connectivity index (χ0n) is 13.5. The molecule has 0 fully saturated rings. The molecule has 0 radical (unpaired) electrons. The van der Waals surface area contributed by atoms with Gasteiger partial charge < -0.3 is 5.32 Å². The van der Waals surface area contributed by atoms with E-state index < -0.39 is 0 Å². The molecular formula is C18H25N3. The first-order valence-corrected chi connectivity index (χ1v) is 7.69. The van der Waals surface area contributed by atoms with Crippen molar-refractivity contribution in [1.29, 1.82) is 0 Å². The number of aryl methyl sites for hydroxylation is 3. The van der Waals surface area contributed by atoms with Crippen LogP contribution in [-0.2, 0) is 13.0 Å². The lowest BCUT2D eigenvalue weighted by molar-refractivity contribution is 0.662. The Kier molecular flexibility index (Phi) is 5.45. The Hall–Kier alpha value is -1.74. The number of hydrogen-bond acceptors (Lipinski definition) is 3. The third-order valence-corrected chi connectivity index (χ3v) is 3.64. The highest BCUT2D eigenvalue weighted by Crippen LogP contribution is 2.13. The van der Waals surface area contributed by atoms with Crippen molar-refractivity contribution in [3.63, 3.8) is 0 Å². The minimum absolute atomic E-state index is 0.798. The van der Waals surface area contributed by atoms with E-state index in [1.807, 2.05) is 0 Å².